The van der Waals surface area contributed by atoms with Gasteiger partial charge in [-0.05, 0) is 72.9 Å². The SMILES string of the molecule is CSNc1cccc(N(Cc2ccccc2)Cc2ccc(Oc3cccc(OCC4CCCOC4)c3)cc2)c1C. The van der Waals surface area contributed by atoms with Crippen molar-refractivity contribution in [1.29, 1.82) is 0 Å². The van der Waals surface area contributed by atoms with Crippen LogP contribution in [0.1, 0.15) is 29.5 Å². The summed E-state index contributed by atoms with van der Waals surface area (Å²) >= 11 is 1.61. The molecule has 0 aromatic heterocycles. The molecule has 5 nitrogen and oxygen atoms in total. The molecule has 1 heterocycles. The quantitative estimate of drug-likeness (QED) is 0.177. The summed E-state index contributed by atoms with van der Waals surface area (Å²) in [5.41, 5.74) is 6.11. The van der Waals surface area contributed by atoms with Crippen LogP contribution in [0.5, 0.6) is 17.2 Å². The fraction of sp³-hybridized carbons (Fsp3) is 0.294. The molecule has 0 saturated carbocycles. The highest BCUT2D eigenvalue weighted by molar-refractivity contribution is 7.99. The molecule has 6 heteroatoms. The van der Waals surface area contributed by atoms with Gasteiger partial charge in [-0.25, -0.2) is 0 Å². The lowest BCUT2D eigenvalue weighted by Gasteiger charge is -2.28. The molecule has 1 fully saturated rings. The van der Waals surface area contributed by atoms with Crippen LogP contribution in [0.4, 0.5) is 11.4 Å². The molecule has 1 unspecified atom stereocenters. The molecule has 4 aromatic rings. The molecule has 1 aliphatic rings. The van der Waals surface area contributed by atoms with Gasteiger partial charge in [-0.1, -0.05) is 66.5 Å². The maximum atomic E-state index is 6.18. The predicted octanol–water partition coefficient (Wildman–Crippen LogP) is 8.49. The van der Waals surface area contributed by atoms with Crippen molar-refractivity contribution in [1.82, 2.24) is 0 Å². The first-order valence-electron chi connectivity index (χ1n) is 13.9. The van der Waals surface area contributed by atoms with Gasteiger partial charge in [-0.2, -0.15) is 0 Å². The Morgan fingerprint density at radius 1 is 0.850 bits per heavy atom. The summed E-state index contributed by atoms with van der Waals surface area (Å²) in [6.45, 7) is 6.11. The molecule has 0 bridgehead atoms. The molecule has 0 spiro atoms. The maximum absolute atomic E-state index is 6.18. The van der Waals surface area contributed by atoms with Crippen molar-refractivity contribution in [2.45, 2.75) is 32.9 Å². The summed E-state index contributed by atoms with van der Waals surface area (Å²) in [6, 6.07) is 33.3. The Balaban J connectivity index is 1.26. The lowest BCUT2D eigenvalue weighted by atomic mass is 10.0. The number of rotatable bonds is 12. The van der Waals surface area contributed by atoms with E-state index in [-0.39, 0.29) is 0 Å². The highest BCUT2D eigenvalue weighted by atomic mass is 32.2. The van der Waals surface area contributed by atoms with E-state index in [9.17, 15) is 0 Å². The number of anilines is 2. The zero-order chi connectivity index (χ0) is 27.6. The first-order valence-corrected chi connectivity index (χ1v) is 15.2. The van der Waals surface area contributed by atoms with Crippen molar-refractivity contribution in [3.63, 3.8) is 0 Å². The van der Waals surface area contributed by atoms with Gasteiger partial charge in [0.25, 0.3) is 0 Å². The fourth-order valence-corrected chi connectivity index (χ4v) is 5.46. The van der Waals surface area contributed by atoms with Gasteiger partial charge in [-0.3, -0.25) is 0 Å². The summed E-state index contributed by atoms with van der Waals surface area (Å²) in [5, 5.41) is 0. The Morgan fingerprint density at radius 2 is 1.60 bits per heavy atom. The van der Waals surface area contributed by atoms with Crippen LogP contribution >= 0.6 is 11.9 Å². The van der Waals surface area contributed by atoms with Crippen LogP contribution < -0.4 is 19.1 Å². The van der Waals surface area contributed by atoms with E-state index in [2.05, 4.69) is 77.2 Å². The smallest absolute Gasteiger partial charge is 0.131 e. The lowest BCUT2D eigenvalue weighted by Crippen LogP contribution is -2.23. The molecule has 1 aliphatic heterocycles. The third kappa shape index (κ3) is 7.74. The summed E-state index contributed by atoms with van der Waals surface area (Å²) in [6.07, 6.45) is 4.32. The second-order valence-corrected chi connectivity index (χ2v) is 10.8. The van der Waals surface area contributed by atoms with Crippen LogP contribution in [0.3, 0.4) is 0 Å². The molecule has 0 amide bonds. The van der Waals surface area contributed by atoms with Crippen molar-refractivity contribution >= 4 is 23.3 Å². The maximum Gasteiger partial charge on any atom is 0.131 e. The molecule has 5 rings (SSSR count). The van der Waals surface area contributed by atoms with Gasteiger partial charge in [0, 0.05) is 49.3 Å². The number of hydrogen-bond acceptors (Lipinski definition) is 6. The van der Waals surface area contributed by atoms with Crippen LogP contribution in [0.25, 0.3) is 0 Å². The number of nitrogens with one attached hydrogen (secondary N) is 1. The third-order valence-corrected chi connectivity index (χ3v) is 7.58. The molecule has 1 N–H and O–H groups in total. The molecule has 1 saturated heterocycles. The number of ether oxygens (including phenoxy) is 3. The van der Waals surface area contributed by atoms with E-state index in [4.69, 9.17) is 14.2 Å². The zero-order valence-corrected chi connectivity index (χ0v) is 24.2. The fourth-order valence-electron chi connectivity index (χ4n) is 5.02. The van der Waals surface area contributed by atoms with E-state index in [0.29, 0.717) is 12.5 Å². The zero-order valence-electron chi connectivity index (χ0n) is 23.3. The van der Waals surface area contributed by atoms with E-state index in [1.807, 2.05) is 42.7 Å². The normalized spacial score (nSPS) is 14.9. The minimum Gasteiger partial charge on any atom is -0.493 e. The molecular formula is C34H38N2O3S. The lowest BCUT2D eigenvalue weighted by molar-refractivity contribution is 0.0351. The van der Waals surface area contributed by atoms with Crippen molar-refractivity contribution in [2.75, 3.05) is 35.7 Å². The number of benzene rings is 4. The minimum atomic E-state index is 0.459. The Labute approximate surface area is 242 Å². The first-order chi connectivity index (χ1) is 19.7. The van der Waals surface area contributed by atoms with E-state index in [1.54, 1.807) is 11.9 Å². The Bertz CT molecular complexity index is 1340. The van der Waals surface area contributed by atoms with Gasteiger partial charge >= 0.3 is 0 Å². The molecular weight excluding hydrogens is 516 g/mol. The van der Waals surface area contributed by atoms with E-state index < -0.39 is 0 Å². The van der Waals surface area contributed by atoms with Crippen LogP contribution in [-0.2, 0) is 17.8 Å². The summed E-state index contributed by atoms with van der Waals surface area (Å²) in [5.74, 6) is 2.85. The summed E-state index contributed by atoms with van der Waals surface area (Å²) < 4.78 is 21.2. The highest BCUT2D eigenvalue weighted by Gasteiger charge is 2.15. The Hall–Kier alpha value is -3.61. The van der Waals surface area contributed by atoms with Crippen molar-refractivity contribution < 1.29 is 14.2 Å². The molecule has 208 valence electrons. The molecule has 1 atom stereocenters. The second kappa shape index (κ2) is 14.1. The van der Waals surface area contributed by atoms with Crippen molar-refractivity contribution in [2.24, 2.45) is 5.92 Å². The van der Waals surface area contributed by atoms with E-state index in [1.165, 1.54) is 22.4 Å². The minimum absolute atomic E-state index is 0.459. The average Bonchev–Trinajstić information content (AvgIpc) is 2.99. The molecule has 40 heavy (non-hydrogen) atoms. The molecule has 0 radical (unpaired) electrons. The Morgan fingerprint density at radius 3 is 2.35 bits per heavy atom. The van der Waals surface area contributed by atoms with Gasteiger partial charge < -0.3 is 23.8 Å². The second-order valence-electron chi connectivity index (χ2n) is 10.2. The van der Waals surface area contributed by atoms with Gasteiger partial charge in [0.1, 0.15) is 17.2 Å². The van der Waals surface area contributed by atoms with Crippen LogP contribution in [0, 0.1) is 12.8 Å². The molecule has 0 aliphatic carbocycles. The number of nitrogens with zero attached hydrogens (tertiary/aromatic N) is 1. The Kier molecular flexibility index (Phi) is 9.88. The summed E-state index contributed by atoms with van der Waals surface area (Å²) in [4.78, 5) is 2.43. The topological polar surface area (TPSA) is 43.0 Å². The average molecular weight is 555 g/mol. The van der Waals surface area contributed by atoms with Crippen molar-refractivity contribution in [3.05, 3.63) is 114 Å². The van der Waals surface area contributed by atoms with E-state index >= 15 is 0 Å². The third-order valence-electron chi connectivity index (χ3n) is 7.15. The highest BCUT2D eigenvalue weighted by Crippen LogP contribution is 2.31. The van der Waals surface area contributed by atoms with Crippen LogP contribution in [-0.4, -0.2) is 26.1 Å². The predicted molar refractivity (Wildman–Crippen MR) is 167 cm³/mol. The van der Waals surface area contributed by atoms with Crippen LogP contribution in [0.2, 0.25) is 0 Å². The summed E-state index contributed by atoms with van der Waals surface area (Å²) in [7, 11) is 0. The van der Waals surface area contributed by atoms with Gasteiger partial charge in [0.05, 0.1) is 13.2 Å². The van der Waals surface area contributed by atoms with Gasteiger partial charge in [0.2, 0.25) is 0 Å². The monoisotopic (exact) mass is 554 g/mol. The first kappa shape index (κ1) is 27.9. The van der Waals surface area contributed by atoms with Gasteiger partial charge in [0.15, 0.2) is 0 Å². The van der Waals surface area contributed by atoms with Crippen molar-refractivity contribution in [3.8, 4) is 17.2 Å². The molecule has 4 aromatic carbocycles. The van der Waals surface area contributed by atoms with Gasteiger partial charge in [-0.15, -0.1) is 0 Å². The standard InChI is InChI=1S/C34H38N2O3S/c1-26-33(35-40-2)14-7-15-34(26)36(22-27-9-4-3-5-10-27)23-28-16-18-30(19-17-28)39-32-13-6-12-31(21-32)38-25-29-11-8-20-37-24-29/h3-7,9-10,12-19,21,29,35H,8,11,20,22-25H2,1-2H3. The number of hydrogen-bond donors (Lipinski definition) is 1. The van der Waals surface area contributed by atoms with Crippen LogP contribution in [0.15, 0.2) is 97.1 Å². The largest absolute Gasteiger partial charge is 0.493 e. The van der Waals surface area contributed by atoms with E-state index in [0.717, 1.165) is 62.1 Å².